The summed E-state index contributed by atoms with van der Waals surface area (Å²) in [4.78, 5) is 15.7. The predicted octanol–water partition coefficient (Wildman–Crippen LogP) is 3.96. The molecule has 2 heterocycles. The smallest absolute Gasteiger partial charge is 0.243 e. The van der Waals surface area contributed by atoms with E-state index in [1.807, 2.05) is 6.92 Å². The fourth-order valence-corrected chi connectivity index (χ4v) is 6.20. The molecular weight excluding hydrogens is 422 g/mol. The molecule has 172 valence electrons. The van der Waals surface area contributed by atoms with Gasteiger partial charge in [-0.2, -0.15) is 4.31 Å². The second kappa shape index (κ2) is 10.0. The third-order valence-corrected chi connectivity index (χ3v) is 8.49. The molecule has 0 radical (unpaired) electrons. The molecule has 0 aromatic heterocycles. The molecule has 0 spiro atoms. The Morgan fingerprint density at radius 1 is 0.938 bits per heavy atom. The van der Waals surface area contributed by atoms with E-state index in [2.05, 4.69) is 34.5 Å². The highest BCUT2D eigenvalue weighted by molar-refractivity contribution is 7.89. The van der Waals surface area contributed by atoms with Gasteiger partial charge in [-0.1, -0.05) is 30.3 Å². The zero-order valence-electron chi connectivity index (χ0n) is 18.7. The molecule has 0 bridgehead atoms. The Balaban J connectivity index is 1.36. The SMILES string of the molecule is C[C@H](NC(=O)[C@H]1CCCN(S(=O)(=O)c2ccccc2)C1)c1ccc(N2CCCCC2)cc1. The van der Waals surface area contributed by atoms with Crippen molar-refractivity contribution in [2.75, 3.05) is 31.1 Å². The zero-order chi connectivity index (χ0) is 22.6. The van der Waals surface area contributed by atoms with Crippen molar-refractivity contribution in [1.82, 2.24) is 9.62 Å². The molecule has 4 rings (SSSR count). The number of hydrogen-bond donors (Lipinski definition) is 1. The van der Waals surface area contributed by atoms with Gasteiger partial charge < -0.3 is 10.2 Å². The van der Waals surface area contributed by atoms with Crippen LogP contribution in [0.3, 0.4) is 0 Å². The Labute approximate surface area is 191 Å². The lowest BCUT2D eigenvalue weighted by Gasteiger charge is -2.32. The van der Waals surface area contributed by atoms with Gasteiger partial charge in [0.15, 0.2) is 0 Å². The van der Waals surface area contributed by atoms with Crippen LogP contribution in [0.5, 0.6) is 0 Å². The molecule has 2 aliphatic heterocycles. The number of anilines is 1. The molecule has 2 aromatic carbocycles. The largest absolute Gasteiger partial charge is 0.372 e. The number of nitrogens with one attached hydrogen (secondary N) is 1. The summed E-state index contributed by atoms with van der Waals surface area (Å²) in [5.74, 6) is -0.414. The molecule has 0 unspecified atom stereocenters. The van der Waals surface area contributed by atoms with Crippen LogP contribution in [0.2, 0.25) is 0 Å². The molecule has 1 amide bonds. The third kappa shape index (κ3) is 5.15. The Kier molecular flexibility index (Phi) is 7.16. The number of carbonyl (C=O) groups is 1. The number of piperidine rings is 2. The lowest BCUT2D eigenvalue weighted by molar-refractivity contribution is -0.126. The highest BCUT2D eigenvalue weighted by Crippen LogP contribution is 2.26. The number of benzene rings is 2. The van der Waals surface area contributed by atoms with E-state index >= 15 is 0 Å². The van der Waals surface area contributed by atoms with Gasteiger partial charge in [0, 0.05) is 31.9 Å². The van der Waals surface area contributed by atoms with Gasteiger partial charge in [0.2, 0.25) is 15.9 Å². The Morgan fingerprint density at radius 2 is 1.62 bits per heavy atom. The van der Waals surface area contributed by atoms with Crippen LogP contribution in [0.4, 0.5) is 5.69 Å². The molecule has 6 nitrogen and oxygen atoms in total. The first-order valence-corrected chi connectivity index (χ1v) is 13.1. The standard InChI is InChI=1S/C25H33N3O3S/c1-20(21-12-14-23(15-13-21)27-16-6-3-7-17-27)26-25(29)22-9-8-18-28(19-22)32(30,31)24-10-4-2-5-11-24/h2,4-5,10-15,20,22H,3,6-9,16-19H2,1H3,(H,26,29)/t20-,22-/m0/s1. The van der Waals surface area contributed by atoms with Crippen LogP contribution in [0.15, 0.2) is 59.5 Å². The van der Waals surface area contributed by atoms with Crippen LogP contribution in [0.1, 0.15) is 50.6 Å². The van der Waals surface area contributed by atoms with E-state index in [0.717, 1.165) is 18.7 Å². The van der Waals surface area contributed by atoms with Crippen molar-refractivity contribution in [2.24, 2.45) is 5.92 Å². The van der Waals surface area contributed by atoms with Gasteiger partial charge in [0.05, 0.1) is 16.9 Å². The summed E-state index contributed by atoms with van der Waals surface area (Å²) in [5, 5.41) is 3.10. The second-order valence-corrected chi connectivity index (χ2v) is 10.8. The molecule has 2 saturated heterocycles. The Bertz CT molecular complexity index is 1000. The van der Waals surface area contributed by atoms with Crippen LogP contribution in [-0.4, -0.2) is 44.8 Å². The summed E-state index contributed by atoms with van der Waals surface area (Å²) < 4.78 is 27.4. The maximum atomic E-state index is 13.0. The average Bonchev–Trinajstić information content (AvgIpc) is 2.85. The molecule has 0 saturated carbocycles. The maximum Gasteiger partial charge on any atom is 0.243 e. The molecule has 7 heteroatoms. The molecule has 2 aromatic rings. The van der Waals surface area contributed by atoms with Gasteiger partial charge in [0.25, 0.3) is 0 Å². The van der Waals surface area contributed by atoms with Gasteiger partial charge in [0.1, 0.15) is 0 Å². The number of amides is 1. The van der Waals surface area contributed by atoms with Crippen LogP contribution >= 0.6 is 0 Å². The summed E-state index contributed by atoms with van der Waals surface area (Å²) in [6.07, 6.45) is 5.18. The minimum atomic E-state index is -3.58. The zero-order valence-corrected chi connectivity index (χ0v) is 19.6. The van der Waals surface area contributed by atoms with E-state index in [4.69, 9.17) is 0 Å². The van der Waals surface area contributed by atoms with Gasteiger partial charge in [-0.15, -0.1) is 0 Å². The first-order valence-electron chi connectivity index (χ1n) is 11.7. The molecular formula is C25H33N3O3S. The highest BCUT2D eigenvalue weighted by atomic mass is 32.2. The Morgan fingerprint density at radius 3 is 2.31 bits per heavy atom. The maximum absolute atomic E-state index is 13.0. The van der Waals surface area contributed by atoms with Crippen molar-refractivity contribution >= 4 is 21.6 Å². The molecule has 2 aliphatic rings. The van der Waals surface area contributed by atoms with Gasteiger partial charge >= 0.3 is 0 Å². The summed E-state index contributed by atoms with van der Waals surface area (Å²) >= 11 is 0. The number of hydrogen-bond acceptors (Lipinski definition) is 4. The Hall–Kier alpha value is -2.38. The summed E-state index contributed by atoms with van der Waals surface area (Å²) in [5.41, 5.74) is 2.30. The predicted molar refractivity (Wildman–Crippen MR) is 127 cm³/mol. The number of rotatable bonds is 6. The van der Waals surface area contributed by atoms with E-state index in [1.165, 1.54) is 29.3 Å². The average molecular weight is 456 g/mol. The van der Waals surface area contributed by atoms with Crippen molar-refractivity contribution in [2.45, 2.75) is 50.0 Å². The van der Waals surface area contributed by atoms with Crippen LogP contribution in [0, 0.1) is 5.92 Å². The summed E-state index contributed by atoms with van der Waals surface area (Å²) in [6.45, 7) is 4.87. The fraction of sp³-hybridized carbons (Fsp3) is 0.480. The number of carbonyl (C=O) groups excluding carboxylic acids is 1. The molecule has 2 atom stereocenters. The highest BCUT2D eigenvalue weighted by Gasteiger charge is 2.33. The van der Waals surface area contributed by atoms with E-state index in [0.29, 0.717) is 19.4 Å². The van der Waals surface area contributed by atoms with Crippen LogP contribution in [-0.2, 0) is 14.8 Å². The molecule has 0 aliphatic carbocycles. The minimum absolute atomic E-state index is 0.0782. The van der Waals surface area contributed by atoms with E-state index in [9.17, 15) is 13.2 Å². The quantitative estimate of drug-likeness (QED) is 0.716. The third-order valence-electron chi connectivity index (χ3n) is 6.61. The monoisotopic (exact) mass is 455 g/mol. The van der Waals surface area contributed by atoms with Crippen molar-refractivity contribution in [3.63, 3.8) is 0 Å². The minimum Gasteiger partial charge on any atom is -0.372 e. The fourth-order valence-electron chi connectivity index (χ4n) is 4.66. The first kappa shape index (κ1) is 22.8. The molecule has 1 N–H and O–H groups in total. The number of nitrogens with zero attached hydrogens (tertiary/aromatic N) is 2. The van der Waals surface area contributed by atoms with Crippen molar-refractivity contribution in [3.8, 4) is 0 Å². The van der Waals surface area contributed by atoms with Gasteiger partial charge in [-0.3, -0.25) is 4.79 Å². The van der Waals surface area contributed by atoms with Crippen LogP contribution in [0.25, 0.3) is 0 Å². The van der Waals surface area contributed by atoms with Crippen molar-refractivity contribution in [1.29, 1.82) is 0 Å². The van der Waals surface area contributed by atoms with Crippen molar-refractivity contribution < 1.29 is 13.2 Å². The molecule has 32 heavy (non-hydrogen) atoms. The second-order valence-electron chi connectivity index (χ2n) is 8.88. The van der Waals surface area contributed by atoms with Crippen LogP contribution < -0.4 is 10.2 Å². The lowest BCUT2D eigenvalue weighted by Crippen LogP contribution is -2.45. The van der Waals surface area contributed by atoms with E-state index in [1.54, 1.807) is 30.3 Å². The van der Waals surface area contributed by atoms with Gasteiger partial charge in [-0.05, 0) is 68.9 Å². The summed E-state index contributed by atoms with van der Waals surface area (Å²) in [6, 6.07) is 16.8. The topological polar surface area (TPSA) is 69.7 Å². The molecule has 2 fully saturated rings. The number of sulfonamides is 1. The normalized spacial score (nSPS) is 21.2. The lowest BCUT2D eigenvalue weighted by atomic mass is 9.97. The van der Waals surface area contributed by atoms with E-state index < -0.39 is 10.0 Å². The van der Waals surface area contributed by atoms with Crippen molar-refractivity contribution in [3.05, 3.63) is 60.2 Å². The first-order chi connectivity index (χ1) is 15.4. The van der Waals surface area contributed by atoms with E-state index in [-0.39, 0.29) is 29.3 Å². The van der Waals surface area contributed by atoms with Gasteiger partial charge in [-0.25, -0.2) is 8.42 Å². The summed E-state index contributed by atoms with van der Waals surface area (Å²) in [7, 11) is -3.58.